The van der Waals surface area contributed by atoms with Gasteiger partial charge >= 0.3 is 0 Å². The van der Waals surface area contributed by atoms with E-state index in [2.05, 4.69) is 19.2 Å². The highest BCUT2D eigenvalue weighted by Crippen LogP contribution is 2.20. The monoisotopic (exact) mass is 287 g/mol. The predicted octanol–water partition coefficient (Wildman–Crippen LogP) is 4.02. The van der Waals surface area contributed by atoms with Crippen LogP contribution >= 0.6 is 0 Å². The van der Waals surface area contributed by atoms with Crippen LogP contribution in [0.1, 0.15) is 78.1 Å². The minimum atomic E-state index is -0.650. The van der Waals surface area contributed by atoms with Gasteiger partial charge in [-0.05, 0) is 19.4 Å². The molecule has 3 atom stereocenters. The van der Waals surface area contributed by atoms with Crippen LogP contribution in [-0.4, -0.2) is 27.8 Å². The van der Waals surface area contributed by atoms with Crippen LogP contribution in [-0.2, 0) is 10.8 Å². The second kappa shape index (κ2) is 10.8. The summed E-state index contributed by atoms with van der Waals surface area (Å²) in [4.78, 5) is 0. The Bertz CT molecular complexity index is 245. The molecule has 3 heteroatoms. The highest BCUT2D eigenvalue weighted by atomic mass is 32.2. The molecule has 0 aromatic heterocycles. The van der Waals surface area contributed by atoms with Crippen LogP contribution in [0, 0.1) is 0 Å². The molecule has 1 aliphatic carbocycles. The zero-order chi connectivity index (χ0) is 13.9. The molecule has 0 spiro atoms. The van der Waals surface area contributed by atoms with Crippen LogP contribution < -0.4 is 5.32 Å². The van der Waals surface area contributed by atoms with Crippen molar-refractivity contribution >= 4 is 10.8 Å². The fraction of sp³-hybridized carbons (Fsp3) is 1.00. The molecule has 0 aromatic carbocycles. The summed E-state index contributed by atoms with van der Waals surface area (Å²) >= 11 is 0. The number of rotatable bonds is 4. The van der Waals surface area contributed by atoms with Gasteiger partial charge in [-0.3, -0.25) is 4.21 Å². The van der Waals surface area contributed by atoms with E-state index in [-0.39, 0.29) is 0 Å². The van der Waals surface area contributed by atoms with Gasteiger partial charge in [-0.15, -0.1) is 0 Å². The van der Waals surface area contributed by atoms with E-state index in [1.54, 1.807) is 0 Å². The fourth-order valence-corrected chi connectivity index (χ4v) is 4.64. The Labute approximate surface area is 122 Å². The molecule has 19 heavy (non-hydrogen) atoms. The fourth-order valence-electron chi connectivity index (χ4n) is 3.18. The highest BCUT2D eigenvalue weighted by Gasteiger charge is 2.24. The lowest BCUT2D eigenvalue weighted by atomic mass is 9.97. The molecule has 1 rings (SSSR count). The van der Waals surface area contributed by atoms with E-state index in [9.17, 15) is 4.21 Å². The number of hydrogen-bond donors (Lipinski definition) is 1. The lowest BCUT2D eigenvalue weighted by Crippen LogP contribution is -2.42. The first kappa shape index (κ1) is 17.2. The Morgan fingerprint density at radius 2 is 1.42 bits per heavy atom. The van der Waals surface area contributed by atoms with E-state index in [0.29, 0.717) is 11.3 Å². The minimum Gasteiger partial charge on any atom is -0.313 e. The smallest absolute Gasteiger partial charge is 0.0501 e. The van der Waals surface area contributed by atoms with E-state index in [1.165, 1.54) is 57.8 Å². The molecular weight excluding hydrogens is 254 g/mol. The topological polar surface area (TPSA) is 29.1 Å². The van der Waals surface area contributed by atoms with E-state index in [0.717, 1.165) is 18.7 Å². The third kappa shape index (κ3) is 6.89. The summed E-state index contributed by atoms with van der Waals surface area (Å²) in [6.07, 6.45) is 13.2. The third-order valence-electron chi connectivity index (χ3n) is 4.29. The average Bonchev–Trinajstić information content (AvgIpc) is 2.41. The van der Waals surface area contributed by atoms with Gasteiger partial charge in [-0.25, -0.2) is 0 Å². The van der Waals surface area contributed by atoms with Crippen molar-refractivity contribution in [3.63, 3.8) is 0 Å². The number of nitrogens with one attached hydrogen (secondary N) is 1. The van der Waals surface area contributed by atoms with Crippen molar-refractivity contribution in [1.29, 1.82) is 0 Å². The van der Waals surface area contributed by atoms with Gasteiger partial charge in [0.25, 0.3) is 0 Å². The highest BCUT2D eigenvalue weighted by molar-refractivity contribution is 7.85. The van der Waals surface area contributed by atoms with E-state index >= 15 is 0 Å². The van der Waals surface area contributed by atoms with Gasteiger partial charge in [-0.1, -0.05) is 65.2 Å². The van der Waals surface area contributed by atoms with Crippen LogP contribution in [0.2, 0.25) is 0 Å². The average molecular weight is 288 g/mol. The molecule has 0 bridgehead atoms. The molecular formula is C16H33NOS. The molecule has 0 aliphatic heterocycles. The van der Waals surface area contributed by atoms with Gasteiger partial charge in [0.2, 0.25) is 0 Å². The Balaban J connectivity index is 2.61. The summed E-state index contributed by atoms with van der Waals surface area (Å²) in [5.41, 5.74) is 0. The lowest BCUT2D eigenvalue weighted by Gasteiger charge is -2.27. The summed E-state index contributed by atoms with van der Waals surface area (Å²) in [6.45, 7) is 5.24. The van der Waals surface area contributed by atoms with Crippen molar-refractivity contribution in [1.82, 2.24) is 5.32 Å². The Hall–Kier alpha value is 0.110. The Morgan fingerprint density at radius 3 is 1.95 bits per heavy atom. The second-order valence-corrected chi connectivity index (χ2v) is 7.72. The Morgan fingerprint density at radius 1 is 0.895 bits per heavy atom. The second-order valence-electron chi connectivity index (χ2n) is 5.78. The summed E-state index contributed by atoms with van der Waals surface area (Å²) in [6, 6.07) is 0.477. The largest absolute Gasteiger partial charge is 0.313 e. The van der Waals surface area contributed by atoms with E-state index in [4.69, 9.17) is 0 Å². The third-order valence-corrected chi connectivity index (χ3v) is 6.10. The van der Waals surface area contributed by atoms with Crippen LogP contribution in [0.5, 0.6) is 0 Å². The van der Waals surface area contributed by atoms with E-state index in [1.807, 2.05) is 0 Å². The van der Waals surface area contributed by atoms with Gasteiger partial charge in [0, 0.05) is 22.6 Å². The SMILES string of the molecule is CCNC1CCCCCCCCCCC1S(=O)CC. The molecule has 1 saturated carbocycles. The summed E-state index contributed by atoms with van der Waals surface area (Å²) < 4.78 is 12.3. The summed E-state index contributed by atoms with van der Waals surface area (Å²) in [5, 5.41) is 3.99. The summed E-state index contributed by atoms with van der Waals surface area (Å²) in [7, 11) is -0.650. The van der Waals surface area contributed by atoms with Crippen LogP contribution in [0.3, 0.4) is 0 Å². The van der Waals surface area contributed by atoms with Gasteiger partial charge in [0.1, 0.15) is 0 Å². The molecule has 1 N–H and O–H groups in total. The maximum Gasteiger partial charge on any atom is 0.0501 e. The van der Waals surface area contributed by atoms with Gasteiger partial charge < -0.3 is 5.32 Å². The first-order valence-corrected chi connectivity index (χ1v) is 9.78. The standard InChI is InChI=1S/C16H33NOS/c1-3-17-15-13-11-9-7-5-6-8-10-12-14-16(15)19(18)4-2/h15-17H,3-14H2,1-2H3. The zero-order valence-corrected chi connectivity index (χ0v) is 13.8. The van der Waals surface area contributed by atoms with Gasteiger partial charge in [0.15, 0.2) is 0 Å². The summed E-state index contributed by atoms with van der Waals surface area (Å²) in [5.74, 6) is 0.812. The first-order valence-electron chi connectivity index (χ1n) is 8.40. The maximum absolute atomic E-state index is 12.3. The molecule has 3 unspecified atom stereocenters. The molecule has 114 valence electrons. The molecule has 2 nitrogen and oxygen atoms in total. The van der Waals surface area contributed by atoms with Crippen LogP contribution in [0.4, 0.5) is 0 Å². The van der Waals surface area contributed by atoms with Crippen LogP contribution in [0.25, 0.3) is 0 Å². The van der Waals surface area contributed by atoms with Crippen LogP contribution in [0.15, 0.2) is 0 Å². The predicted molar refractivity (Wildman–Crippen MR) is 86.1 cm³/mol. The van der Waals surface area contributed by atoms with Crippen molar-refractivity contribution in [3.05, 3.63) is 0 Å². The maximum atomic E-state index is 12.3. The molecule has 1 aliphatic rings. The molecule has 1 fully saturated rings. The lowest BCUT2D eigenvalue weighted by molar-refractivity contribution is 0.414. The Kier molecular flexibility index (Phi) is 9.80. The van der Waals surface area contributed by atoms with Gasteiger partial charge in [0.05, 0.1) is 5.25 Å². The quantitative estimate of drug-likeness (QED) is 0.846. The van der Waals surface area contributed by atoms with Crippen molar-refractivity contribution in [3.8, 4) is 0 Å². The molecule has 0 saturated heterocycles. The zero-order valence-electron chi connectivity index (χ0n) is 13.0. The van der Waals surface area contributed by atoms with Crippen molar-refractivity contribution in [2.75, 3.05) is 12.3 Å². The van der Waals surface area contributed by atoms with E-state index < -0.39 is 10.8 Å². The molecule has 0 heterocycles. The normalized spacial score (nSPS) is 29.2. The number of hydrogen-bond acceptors (Lipinski definition) is 2. The minimum absolute atomic E-state index is 0.379. The molecule has 0 radical (unpaired) electrons. The molecule has 0 aromatic rings. The van der Waals surface area contributed by atoms with Crippen molar-refractivity contribution in [2.45, 2.75) is 89.3 Å². The van der Waals surface area contributed by atoms with Crippen molar-refractivity contribution in [2.24, 2.45) is 0 Å². The van der Waals surface area contributed by atoms with Gasteiger partial charge in [-0.2, -0.15) is 0 Å². The molecule has 0 amide bonds. The van der Waals surface area contributed by atoms with Crippen molar-refractivity contribution < 1.29 is 4.21 Å². The first-order chi connectivity index (χ1) is 9.29.